The number of benzene rings is 1. The highest BCUT2D eigenvalue weighted by Gasteiger charge is 2.34. The maximum absolute atomic E-state index is 12.6. The number of carbonyl (C=O) groups is 2. The van der Waals surface area contributed by atoms with Crippen LogP contribution < -0.4 is 0 Å². The van der Waals surface area contributed by atoms with Crippen LogP contribution in [0.15, 0.2) is 18.2 Å². The Morgan fingerprint density at radius 2 is 2.05 bits per heavy atom. The number of ketones is 1. The van der Waals surface area contributed by atoms with Crippen molar-refractivity contribution >= 4 is 11.8 Å². The summed E-state index contributed by atoms with van der Waals surface area (Å²) in [5.74, 6) is -2.35. The predicted octanol–water partition coefficient (Wildman–Crippen LogP) is 2.93. The lowest BCUT2D eigenvalue weighted by atomic mass is 9.80. The standard InChI is InChI=1S/C13H11F3O3/c14-13(15,16)9-4-3-7-1-2-8(5-11(17)18)12(19)10(7)6-9/h3-4,6,8H,1-2,5H2,(H,17,18). The number of carboxylic acid groups (broad SMARTS) is 1. The predicted molar refractivity (Wildman–Crippen MR) is 59.8 cm³/mol. The molecule has 0 heterocycles. The minimum atomic E-state index is -4.50. The van der Waals surface area contributed by atoms with E-state index < -0.39 is 29.4 Å². The van der Waals surface area contributed by atoms with Crippen LogP contribution in [0.25, 0.3) is 0 Å². The van der Waals surface area contributed by atoms with Crippen molar-refractivity contribution in [2.24, 2.45) is 5.92 Å². The summed E-state index contributed by atoms with van der Waals surface area (Å²) in [7, 11) is 0. The van der Waals surface area contributed by atoms with Crippen molar-refractivity contribution in [3.8, 4) is 0 Å². The Balaban J connectivity index is 2.36. The van der Waals surface area contributed by atoms with Gasteiger partial charge < -0.3 is 5.11 Å². The number of carbonyl (C=O) groups excluding carboxylic acids is 1. The van der Waals surface area contributed by atoms with Crippen molar-refractivity contribution in [1.29, 1.82) is 0 Å². The average molecular weight is 272 g/mol. The molecule has 19 heavy (non-hydrogen) atoms. The number of Topliss-reactive ketones (excluding diaryl/α,β-unsaturated/α-hetero) is 1. The summed E-state index contributed by atoms with van der Waals surface area (Å²) in [4.78, 5) is 22.6. The maximum Gasteiger partial charge on any atom is 0.416 e. The molecule has 1 unspecified atom stereocenters. The van der Waals surface area contributed by atoms with Crippen LogP contribution >= 0.6 is 0 Å². The molecule has 0 saturated heterocycles. The number of rotatable bonds is 2. The van der Waals surface area contributed by atoms with Gasteiger partial charge in [0.05, 0.1) is 12.0 Å². The second-order valence-electron chi connectivity index (χ2n) is 4.57. The molecule has 1 N–H and O–H groups in total. The highest BCUT2D eigenvalue weighted by molar-refractivity contribution is 6.01. The number of carboxylic acids is 1. The molecule has 1 aromatic rings. The first kappa shape index (κ1) is 13.6. The molecule has 1 aliphatic rings. The normalized spacial score (nSPS) is 19.1. The highest BCUT2D eigenvalue weighted by Crippen LogP contribution is 2.34. The largest absolute Gasteiger partial charge is 0.481 e. The molecule has 102 valence electrons. The number of alkyl halides is 3. The van der Waals surface area contributed by atoms with Crippen molar-refractivity contribution in [2.75, 3.05) is 0 Å². The third-order valence-electron chi connectivity index (χ3n) is 3.26. The lowest BCUT2D eigenvalue weighted by Crippen LogP contribution is -2.25. The van der Waals surface area contributed by atoms with Crippen LogP contribution in [0.3, 0.4) is 0 Å². The van der Waals surface area contributed by atoms with Gasteiger partial charge in [-0.3, -0.25) is 9.59 Å². The Morgan fingerprint density at radius 1 is 1.37 bits per heavy atom. The average Bonchev–Trinajstić information content (AvgIpc) is 2.31. The fraction of sp³-hybridized carbons (Fsp3) is 0.385. The number of fused-ring (bicyclic) bond motifs is 1. The summed E-state index contributed by atoms with van der Waals surface area (Å²) in [6.07, 6.45) is -4.05. The lowest BCUT2D eigenvalue weighted by Gasteiger charge is -2.23. The first-order valence-corrected chi connectivity index (χ1v) is 5.75. The second-order valence-corrected chi connectivity index (χ2v) is 4.57. The van der Waals surface area contributed by atoms with Crippen LogP contribution in [0.2, 0.25) is 0 Å². The summed E-state index contributed by atoms with van der Waals surface area (Å²) < 4.78 is 37.8. The molecule has 0 bridgehead atoms. The molecule has 6 heteroatoms. The summed E-state index contributed by atoms with van der Waals surface area (Å²) in [6.45, 7) is 0. The van der Waals surface area contributed by atoms with Crippen molar-refractivity contribution in [2.45, 2.75) is 25.4 Å². The van der Waals surface area contributed by atoms with E-state index in [1.807, 2.05) is 0 Å². The molecule has 0 aromatic heterocycles. The summed E-state index contributed by atoms with van der Waals surface area (Å²) >= 11 is 0. The van der Waals surface area contributed by atoms with Crippen LogP contribution in [0, 0.1) is 5.92 Å². The van der Waals surface area contributed by atoms with Crippen molar-refractivity contribution in [3.05, 3.63) is 34.9 Å². The van der Waals surface area contributed by atoms with Gasteiger partial charge in [0.2, 0.25) is 0 Å². The molecule has 1 aliphatic carbocycles. The number of halogens is 3. The molecule has 0 radical (unpaired) electrons. The smallest absolute Gasteiger partial charge is 0.416 e. The molecule has 0 fully saturated rings. The van der Waals surface area contributed by atoms with E-state index in [0.29, 0.717) is 18.4 Å². The van der Waals surface area contributed by atoms with E-state index in [0.717, 1.165) is 12.1 Å². The second kappa shape index (κ2) is 4.68. The Kier molecular flexibility index (Phi) is 3.34. The van der Waals surface area contributed by atoms with E-state index in [2.05, 4.69) is 0 Å². The Morgan fingerprint density at radius 3 is 2.63 bits per heavy atom. The quantitative estimate of drug-likeness (QED) is 0.900. The van der Waals surface area contributed by atoms with E-state index in [-0.39, 0.29) is 12.0 Å². The first-order valence-electron chi connectivity index (χ1n) is 5.75. The van der Waals surface area contributed by atoms with Crippen molar-refractivity contribution in [1.82, 2.24) is 0 Å². The molecule has 3 nitrogen and oxygen atoms in total. The minimum Gasteiger partial charge on any atom is -0.481 e. The fourth-order valence-corrected chi connectivity index (χ4v) is 2.29. The molecule has 0 spiro atoms. The van der Waals surface area contributed by atoms with E-state index in [1.165, 1.54) is 6.07 Å². The molecular weight excluding hydrogens is 261 g/mol. The Bertz CT molecular complexity index is 534. The Hall–Kier alpha value is -1.85. The zero-order valence-corrected chi connectivity index (χ0v) is 9.83. The van der Waals surface area contributed by atoms with Crippen LogP contribution in [0.4, 0.5) is 13.2 Å². The van der Waals surface area contributed by atoms with Gasteiger partial charge in [0, 0.05) is 11.5 Å². The van der Waals surface area contributed by atoms with Gasteiger partial charge in [-0.1, -0.05) is 6.07 Å². The van der Waals surface area contributed by atoms with Gasteiger partial charge in [-0.15, -0.1) is 0 Å². The van der Waals surface area contributed by atoms with E-state index in [9.17, 15) is 22.8 Å². The van der Waals surface area contributed by atoms with Gasteiger partial charge in [0.15, 0.2) is 5.78 Å². The van der Waals surface area contributed by atoms with Gasteiger partial charge in [0.1, 0.15) is 0 Å². The molecule has 2 rings (SSSR count). The fourth-order valence-electron chi connectivity index (χ4n) is 2.29. The van der Waals surface area contributed by atoms with Crippen LogP contribution in [-0.2, 0) is 17.4 Å². The summed E-state index contributed by atoms with van der Waals surface area (Å²) in [5.41, 5.74) is -0.317. The van der Waals surface area contributed by atoms with Crippen LogP contribution in [0.1, 0.15) is 34.3 Å². The van der Waals surface area contributed by atoms with Gasteiger partial charge in [-0.2, -0.15) is 13.2 Å². The van der Waals surface area contributed by atoms with E-state index in [4.69, 9.17) is 5.11 Å². The molecule has 0 aliphatic heterocycles. The minimum absolute atomic E-state index is 0.00678. The van der Waals surface area contributed by atoms with Crippen molar-refractivity contribution in [3.63, 3.8) is 0 Å². The van der Waals surface area contributed by atoms with E-state index in [1.54, 1.807) is 0 Å². The number of hydrogen-bond acceptors (Lipinski definition) is 2. The monoisotopic (exact) mass is 272 g/mol. The molecule has 1 atom stereocenters. The van der Waals surface area contributed by atoms with Gasteiger partial charge in [-0.25, -0.2) is 0 Å². The molecule has 0 amide bonds. The van der Waals surface area contributed by atoms with Gasteiger partial charge in [0.25, 0.3) is 0 Å². The number of hydrogen-bond donors (Lipinski definition) is 1. The number of aliphatic carboxylic acids is 1. The highest BCUT2D eigenvalue weighted by atomic mass is 19.4. The zero-order valence-electron chi connectivity index (χ0n) is 9.83. The molecule has 0 saturated carbocycles. The Labute approximate surface area is 107 Å². The zero-order chi connectivity index (χ0) is 14.2. The summed E-state index contributed by atoms with van der Waals surface area (Å²) in [6, 6.07) is 3.07. The summed E-state index contributed by atoms with van der Waals surface area (Å²) in [5, 5.41) is 8.68. The first-order chi connectivity index (χ1) is 8.79. The molecular formula is C13H11F3O3. The van der Waals surface area contributed by atoms with Crippen LogP contribution in [0.5, 0.6) is 0 Å². The number of aryl methyl sites for hydroxylation is 1. The third-order valence-corrected chi connectivity index (χ3v) is 3.26. The van der Waals surface area contributed by atoms with Crippen LogP contribution in [-0.4, -0.2) is 16.9 Å². The van der Waals surface area contributed by atoms with Crippen molar-refractivity contribution < 1.29 is 27.9 Å². The topological polar surface area (TPSA) is 54.4 Å². The SMILES string of the molecule is O=C(O)CC1CCc2ccc(C(F)(F)F)cc2C1=O. The molecule has 1 aromatic carbocycles. The van der Waals surface area contributed by atoms with Gasteiger partial charge >= 0.3 is 12.1 Å². The van der Waals surface area contributed by atoms with E-state index >= 15 is 0 Å². The van der Waals surface area contributed by atoms with Gasteiger partial charge in [-0.05, 0) is 30.5 Å². The lowest BCUT2D eigenvalue weighted by molar-refractivity contribution is -0.138. The maximum atomic E-state index is 12.6. The third kappa shape index (κ3) is 2.77.